The second kappa shape index (κ2) is 7.12. The van der Waals surface area contributed by atoms with E-state index < -0.39 is 0 Å². The van der Waals surface area contributed by atoms with Crippen molar-refractivity contribution in [2.45, 2.75) is 19.8 Å². The van der Waals surface area contributed by atoms with E-state index in [2.05, 4.69) is 21.1 Å². The van der Waals surface area contributed by atoms with Crippen molar-refractivity contribution in [3.05, 3.63) is 42.0 Å². The van der Waals surface area contributed by atoms with Crippen molar-refractivity contribution >= 4 is 34.5 Å². The molecule has 0 fully saturated rings. The summed E-state index contributed by atoms with van der Waals surface area (Å²) in [5.74, 6) is -0.763. The van der Waals surface area contributed by atoms with Crippen LogP contribution < -0.4 is 10.9 Å². The average Bonchev–Trinajstić information content (AvgIpc) is 2.93. The summed E-state index contributed by atoms with van der Waals surface area (Å²) in [6, 6.07) is 11.0. The van der Waals surface area contributed by atoms with Crippen molar-refractivity contribution in [3.63, 3.8) is 0 Å². The molecule has 1 atom stereocenters. The molecule has 2 aromatic rings. The van der Waals surface area contributed by atoms with Crippen LogP contribution in [0.25, 0.3) is 10.8 Å². The molecule has 2 aromatic carbocycles. The van der Waals surface area contributed by atoms with Crippen molar-refractivity contribution in [1.82, 2.24) is 10.9 Å². The van der Waals surface area contributed by atoms with E-state index in [1.807, 2.05) is 30.3 Å². The van der Waals surface area contributed by atoms with E-state index in [0.717, 1.165) is 10.8 Å². The Balaban J connectivity index is 1.62. The van der Waals surface area contributed by atoms with E-state index in [4.69, 9.17) is 0 Å². The van der Waals surface area contributed by atoms with Crippen LogP contribution in [0.15, 0.2) is 46.6 Å². The lowest BCUT2D eigenvalue weighted by Gasteiger charge is -2.07. The highest BCUT2D eigenvalue weighted by molar-refractivity contribution is 6.07. The summed E-state index contributed by atoms with van der Waals surface area (Å²) in [4.78, 5) is 23.4. The molecule has 0 saturated carbocycles. The van der Waals surface area contributed by atoms with Gasteiger partial charge in [0.25, 0.3) is 0 Å². The number of amides is 2. The molecule has 0 radical (unpaired) electrons. The minimum Gasteiger partial charge on any atom is -0.507 e. The zero-order chi connectivity index (χ0) is 17.8. The van der Waals surface area contributed by atoms with Gasteiger partial charge in [-0.1, -0.05) is 30.3 Å². The minimum absolute atomic E-state index is 0.0890. The molecule has 0 unspecified atom stereocenters. The third-order valence-corrected chi connectivity index (χ3v) is 4.15. The Bertz CT molecular complexity index is 889. The van der Waals surface area contributed by atoms with Crippen molar-refractivity contribution in [2.75, 3.05) is 0 Å². The van der Waals surface area contributed by atoms with E-state index in [1.54, 1.807) is 13.0 Å². The maximum atomic E-state index is 11.9. The standard InChI is InChI=1S/C18H18N4O3/c1-11-13(18(25)22-20-11)7-9-17(24)21-19-10-15-14-5-3-2-4-12(14)6-8-16(15)23/h2-6,8,10,13,23H,7,9H2,1H3,(H,21,24)(H,22,25)/b19-10-/t13-/m0/s1. The quantitative estimate of drug-likeness (QED) is 0.573. The van der Waals surface area contributed by atoms with E-state index in [0.29, 0.717) is 17.7 Å². The second-order valence-corrected chi connectivity index (χ2v) is 5.83. The SMILES string of the molecule is CC1=NNC(=O)[C@H]1CCC(=O)N/N=C\c1c(O)ccc2ccccc12. The summed E-state index contributed by atoms with van der Waals surface area (Å²) in [6.45, 7) is 1.75. The fourth-order valence-electron chi connectivity index (χ4n) is 2.75. The summed E-state index contributed by atoms with van der Waals surface area (Å²) in [6.07, 6.45) is 1.95. The summed E-state index contributed by atoms with van der Waals surface area (Å²) in [5.41, 5.74) is 6.04. The number of nitrogens with zero attached hydrogens (tertiary/aromatic N) is 2. The first-order chi connectivity index (χ1) is 12.1. The Kier molecular flexibility index (Phi) is 4.74. The van der Waals surface area contributed by atoms with Crippen LogP contribution in [0.1, 0.15) is 25.3 Å². The van der Waals surface area contributed by atoms with Gasteiger partial charge in [0.2, 0.25) is 11.8 Å². The van der Waals surface area contributed by atoms with Crippen molar-refractivity contribution in [1.29, 1.82) is 0 Å². The predicted octanol–water partition coefficient (Wildman–Crippen LogP) is 1.90. The summed E-state index contributed by atoms with van der Waals surface area (Å²) in [5, 5.41) is 19.6. The second-order valence-electron chi connectivity index (χ2n) is 5.83. The van der Waals surface area contributed by atoms with E-state index in [1.165, 1.54) is 6.21 Å². The Hall–Kier alpha value is -3.22. The van der Waals surface area contributed by atoms with Crippen LogP contribution in [0.2, 0.25) is 0 Å². The lowest BCUT2D eigenvalue weighted by molar-refractivity contribution is -0.123. The number of hydrogen-bond donors (Lipinski definition) is 3. The highest BCUT2D eigenvalue weighted by atomic mass is 16.3. The number of hydrazone groups is 2. The van der Waals surface area contributed by atoms with Gasteiger partial charge in [0.15, 0.2) is 0 Å². The smallest absolute Gasteiger partial charge is 0.248 e. The number of nitrogens with one attached hydrogen (secondary N) is 2. The lowest BCUT2D eigenvalue weighted by atomic mass is 9.99. The van der Waals surface area contributed by atoms with Gasteiger partial charge in [-0.3, -0.25) is 9.59 Å². The molecule has 1 aliphatic heterocycles. The van der Waals surface area contributed by atoms with Gasteiger partial charge in [-0.15, -0.1) is 0 Å². The first-order valence-corrected chi connectivity index (χ1v) is 7.93. The van der Waals surface area contributed by atoms with Gasteiger partial charge in [-0.05, 0) is 30.2 Å². The van der Waals surface area contributed by atoms with E-state index >= 15 is 0 Å². The van der Waals surface area contributed by atoms with Crippen LogP contribution in [-0.2, 0) is 9.59 Å². The molecular formula is C18H18N4O3. The number of hydrogen-bond acceptors (Lipinski definition) is 5. The summed E-state index contributed by atoms with van der Waals surface area (Å²) < 4.78 is 0. The molecule has 7 heteroatoms. The molecule has 0 bridgehead atoms. The Morgan fingerprint density at radius 1 is 1.36 bits per heavy atom. The number of phenols is 1. The maximum Gasteiger partial charge on any atom is 0.248 e. The molecule has 0 aromatic heterocycles. The molecule has 2 amide bonds. The molecule has 25 heavy (non-hydrogen) atoms. The first-order valence-electron chi connectivity index (χ1n) is 7.93. The maximum absolute atomic E-state index is 11.9. The number of carbonyl (C=O) groups is 2. The van der Waals surface area contributed by atoms with Crippen LogP contribution in [0, 0.1) is 5.92 Å². The third kappa shape index (κ3) is 3.65. The van der Waals surface area contributed by atoms with Gasteiger partial charge in [0, 0.05) is 17.7 Å². The number of aromatic hydroxyl groups is 1. The van der Waals surface area contributed by atoms with Gasteiger partial charge in [-0.25, -0.2) is 10.9 Å². The zero-order valence-electron chi connectivity index (χ0n) is 13.7. The summed E-state index contributed by atoms with van der Waals surface area (Å²) >= 11 is 0. The fourth-order valence-corrected chi connectivity index (χ4v) is 2.75. The predicted molar refractivity (Wildman–Crippen MR) is 95.3 cm³/mol. The van der Waals surface area contributed by atoms with E-state index in [9.17, 15) is 14.7 Å². The van der Waals surface area contributed by atoms with Gasteiger partial charge in [0.05, 0.1) is 12.1 Å². The third-order valence-electron chi connectivity index (χ3n) is 4.15. The molecule has 3 N–H and O–H groups in total. The number of phenolic OH excluding ortho intramolecular Hbond substituents is 1. The van der Waals surface area contributed by atoms with Gasteiger partial charge < -0.3 is 5.11 Å². The molecule has 1 heterocycles. The molecular weight excluding hydrogens is 320 g/mol. The van der Waals surface area contributed by atoms with Crippen molar-refractivity contribution in [3.8, 4) is 5.75 Å². The molecule has 3 rings (SSSR count). The van der Waals surface area contributed by atoms with Crippen LogP contribution in [0.4, 0.5) is 0 Å². The van der Waals surface area contributed by atoms with Crippen LogP contribution in [0.5, 0.6) is 5.75 Å². The molecule has 128 valence electrons. The highest BCUT2D eigenvalue weighted by Crippen LogP contribution is 2.25. The van der Waals surface area contributed by atoms with Crippen molar-refractivity contribution < 1.29 is 14.7 Å². The fraction of sp³-hybridized carbons (Fsp3) is 0.222. The van der Waals surface area contributed by atoms with Gasteiger partial charge >= 0.3 is 0 Å². The molecule has 0 aliphatic carbocycles. The Morgan fingerprint density at radius 3 is 2.92 bits per heavy atom. The first kappa shape index (κ1) is 16.6. The Morgan fingerprint density at radius 2 is 2.16 bits per heavy atom. The molecule has 0 spiro atoms. The van der Waals surface area contributed by atoms with Crippen LogP contribution in [-0.4, -0.2) is 28.8 Å². The largest absolute Gasteiger partial charge is 0.507 e. The zero-order valence-corrected chi connectivity index (χ0v) is 13.7. The molecule has 7 nitrogen and oxygen atoms in total. The summed E-state index contributed by atoms with van der Waals surface area (Å²) in [7, 11) is 0. The van der Waals surface area contributed by atoms with Crippen LogP contribution >= 0.6 is 0 Å². The number of fused-ring (bicyclic) bond motifs is 1. The molecule has 0 saturated heterocycles. The van der Waals surface area contributed by atoms with E-state index in [-0.39, 0.29) is 29.9 Å². The highest BCUT2D eigenvalue weighted by Gasteiger charge is 2.26. The van der Waals surface area contributed by atoms with Gasteiger partial charge in [-0.2, -0.15) is 10.2 Å². The minimum atomic E-state index is -0.364. The monoisotopic (exact) mass is 338 g/mol. The van der Waals surface area contributed by atoms with Crippen molar-refractivity contribution in [2.24, 2.45) is 16.1 Å². The Labute approximate surface area is 144 Å². The van der Waals surface area contributed by atoms with Gasteiger partial charge in [0.1, 0.15) is 5.75 Å². The van der Waals surface area contributed by atoms with Crippen LogP contribution in [0.3, 0.4) is 0 Å². The number of carbonyl (C=O) groups excluding carboxylic acids is 2. The molecule has 1 aliphatic rings. The number of rotatable bonds is 5. The topological polar surface area (TPSA) is 103 Å². The number of benzene rings is 2. The normalized spacial score (nSPS) is 16.9. The average molecular weight is 338 g/mol. The lowest BCUT2D eigenvalue weighted by Crippen LogP contribution is -2.25.